The van der Waals surface area contributed by atoms with Crippen molar-refractivity contribution in [1.29, 1.82) is 0 Å². The zero-order chi connectivity index (χ0) is 27.8. The van der Waals surface area contributed by atoms with E-state index in [1.54, 1.807) is 24.8 Å². The lowest BCUT2D eigenvalue weighted by atomic mass is 9.96. The van der Waals surface area contributed by atoms with Crippen molar-refractivity contribution < 1.29 is 28.5 Å². The molecule has 204 valence electrons. The Bertz CT molecular complexity index is 1380. The second kappa shape index (κ2) is 10.3. The van der Waals surface area contributed by atoms with E-state index in [0.717, 1.165) is 40.8 Å². The first kappa shape index (κ1) is 26.6. The van der Waals surface area contributed by atoms with Gasteiger partial charge in [-0.15, -0.1) is 0 Å². The zero-order valence-corrected chi connectivity index (χ0v) is 23.2. The van der Waals surface area contributed by atoms with Crippen molar-refractivity contribution in [2.45, 2.75) is 71.5 Å². The van der Waals surface area contributed by atoms with Crippen LogP contribution >= 0.6 is 0 Å². The van der Waals surface area contributed by atoms with Crippen molar-refractivity contribution in [3.63, 3.8) is 0 Å². The fourth-order valence-electron chi connectivity index (χ4n) is 4.85. The standard InChI is InChI=1S/C32H35NO6/c1-31(2,3)39-30(35)33(19-21-9-7-6-8-10-21)20-25-14-11-24-17-22(13-16-27(24)36-25)23-12-15-26-28(18-23)37-32(4,5)38-29(26)34/h6-10,12-13,15-18,25H,11,14,19-20H2,1-5H3/t25-/m1/s1. The second-order valence-corrected chi connectivity index (χ2v) is 11.5. The van der Waals surface area contributed by atoms with Crippen LogP contribution < -0.4 is 9.47 Å². The number of fused-ring (bicyclic) bond motifs is 2. The van der Waals surface area contributed by atoms with Crippen molar-refractivity contribution in [3.8, 4) is 22.6 Å². The van der Waals surface area contributed by atoms with Crippen LogP contribution in [0.2, 0.25) is 0 Å². The maximum atomic E-state index is 13.1. The van der Waals surface area contributed by atoms with Gasteiger partial charge in [0.15, 0.2) is 0 Å². The number of carbonyl (C=O) groups excluding carboxylic acids is 2. The molecule has 7 heteroatoms. The summed E-state index contributed by atoms with van der Waals surface area (Å²) in [6.07, 6.45) is 1.10. The number of hydrogen-bond donors (Lipinski definition) is 0. The maximum absolute atomic E-state index is 13.1. The summed E-state index contributed by atoms with van der Waals surface area (Å²) in [6, 6.07) is 21.5. The van der Waals surface area contributed by atoms with Gasteiger partial charge in [0, 0.05) is 20.4 Å². The summed E-state index contributed by atoms with van der Waals surface area (Å²) in [5.41, 5.74) is 3.94. The Balaban J connectivity index is 1.31. The minimum absolute atomic E-state index is 0.148. The lowest BCUT2D eigenvalue weighted by Crippen LogP contribution is -2.43. The van der Waals surface area contributed by atoms with Gasteiger partial charge in [0.25, 0.3) is 0 Å². The average molecular weight is 530 g/mol. The van der Waals surface area contributed by atoms with Crippen LogP contribution in [0.5, 0.6) is 11.5 Å². The Morgan fingerprint density at radius 2 is 1.69 bits per heavy atom. The normalized spacial score (nSPS) is 17.6. The number of benzene rings is 3. The molecule has 2 heterocycles. The van der Waals surface area contributed by atoms with E-state index in [9.17, 15) is 9.59 Å². The molecule has 0 radical (unpaired) electrons. The lowest BCUT2D eigenvalue weighted by Gasteiger charge is -2.33. The van der Waals surface area contributed by atoms with Crippen LogP contribution in [-0.4, -0.2) is 41.0 Å². The molecule has 0 unspecified atom stereocenters. The van der Waals surface area contributed by atoms with Gasteiger partial charge in [-0.2, -0.15) is 0 Å². The van der Waals surface area contributed by atoms with Gasteiger partial charge in [-0.1, -0.05) is 42.5 Å². The molecule has 1 amide bonds. The maximum Gasteiger partial charge on any atom is 0.410 e. The molecule has 39 heavy (non-hydrogen) atoms. The highest BCUT2D eigenvalue weighted by Crippen LogP contribution is 2.37. The summed E-state index contributed by atoms with van der Waals surface area (Å²) >= 11 is 0. The molecule has 0 aliphatic carbocycles. The molecule has 2 aliphatic heterocycles. The van der Waals surface area contributed by atoms with E-state index in [0.29, 0.717) is 24.4 Å². The quantitative estimate of drug-likeness (QED) is 0.340. The van der Waals surface area contributed by atoms with Gasteiger partial charge >= 0.3 is 12.1 Å². The molecular weight excluding hydrogens is 494 g/mol. The Kier molecular flexibility index (Phi) is 7.02. The van der Waals surface area contributed by atoms with E-state index in [1.165, 1.54) is 0 Å². The molecule has 0 saturated heterocycles. The fourth-order valence-corrected chi connectivity index (χ4v) is 4.85. The largest absolute Gasteiger partial charge is 0.488 e. The SMILES string of the molecule is CC(C)(C)OC(=O)N(Cc1ccccc1)C[C@H]1CCc2cc(-c3ccc4c(c3)OC(C)(C)OC4=O)ccc2O1. The number of nitrogens with zero attached hydrogens (tertiary/aromatic N) is 1. The van der Waals surface area contributed by atoms with Gasteiger partial charge in [-0.3, -0.25) is 0 Å². The van der Waals surface area contributed by atoms with E-state index in [1.807, 2.05) is 75.4 Å². The molecule has 0 saturated carbocycles. The fraction of sp³-hybridized carbons (Fsp3) is 0.375. The van der Waals surface area contributed by atoms with Crippen LogP contribution in [0, 0.1) is 0 Å². The number of amides is 1. The highest BCUT2D eigenvalue weighted by molar-refractivity contribution is 5.94. The van der Waals surface area contributed by atoms with Gasteiger partial charge in [-0.05, 0) is 80.1 Å². The van der Waals surface area contributed by atoms with Crippen LogP contribution in [0.15, 0.2) is 66.7 Å². The summed E-state index contributed by atoms with van der Waals surface area (Å²) in [6.45, 7) is 9.94. The van der Waals surface area contributed by atoms with Gasteiger partial charge in [0.2, 0.25) is 5.79 Å². The Hall–Kier alpha value is -4.00. The zero-order valence-electron chi connectivity index (χ0n) is 23.2. The first-order valence-corrected chi connectivity index (χ1v) is 13.3. The first-order valence-electron chi connectivity index (χ1n) is 13.3. The van der Waals surface area contributed by atoms with E-state index < -0.39 is 11.4 Å². The predicted molar refractivity (Wildman–Crippen MR) is 148 cm³/mol. The molecule has 1 atom stereocenters. The van der Waals surface area contributed by atoms with Crippen molar-refractivity contribution in [1.82, 2.24) is 4.90 Å². The van der Waals surface area contributed by atoms with Crippen molar-refractivity contribution >= 4 is 12.1 Å². The summed E-state index contributed by atoms with van der Waals surface area (Å²) in [7, 11) is 0. The van der Waals surface area contributed by atoms with Crippen LogP contribution in [0.1, 0.15) is 62.5 Å². The molecular formula is C32H35NO6. The van der Waals surface area contributed by atoms with E-state index >= 15 is 0 Å². The number of cyclic esters (lactones) is 1. The third kappa shape index (κ3) is 6.36. The smallest absolute Gasteiger partial charge is 0.410 e. The van der Waals surface area contributed by atoms with Crippen LogP contribution in [0.25, 0.3) is 11.1 Å². The number of esters is 1. The molecule has 0 N–H and O–H groups in total. The van der Waals surface area contributed by atoms with Crippen LogP contribution in [-0.2, 0) is 22.4 Å². The van der Waals surface area contributed by atoms with E-state index in [4.69, 9.17) is 18.9 Å². The second-order valence-electron chi connectivity index (χ2n) is 11.5. The molecule has 0 bridgehead atoms. The minimum atomic E-state index is -1.00. The summed E-state index contributed by atoms with van der Waals surface area (Å²) < 4.78 is 23.3. The van der Waals surface area contributed by atoms with Gasteiger partial charge < -0.3 is 23.8 Å². The highest BCUT2D eigenvalue weighted by Gasteiger charge is 2.34. The number of aryl methyl sites for hydroxylation is 1. The number of carbonyl (C=O) groups is 2. The Labute approximate surface area is 229 Å². The van der Waals surface area contributed by atoms with Crippen molar-refractivity contribution in [2.24, 2.45) is 0 Å². The predicted octanol–water partition coefficient (Wildman–Crippen LogP) is 6.77. The molecule has 7 nitrogen and oxygen atoms in total. The molecule has 3 aromatic rings. The van der Waals surface area contributed by atoms with E-state index in [2.05, 4.69) is 6.07 Å². The minimum Gasteiger partial charge on any atom is -0.488 e. The number of ether oxygens (including phenoxy) is 4. The Morgan fingerprint density at radius 1 is 0.974 bits per heavy atom. The van der Waals surface area contributed by atoms with Gasteiger partial charge in [0.1, 0.15) is 28.8 Å². The molecule has 2 aliphatic rings. The molecule has 0 fully saturated rings. The molecule has 5 rings (SSSR count). The van der Waals surface area contributed by atoms with Gasteiger partial charge in [-0.25, -0.2) is 9.59 Å². The monoisotopic (exact) mass is 529 g/mol. The number of hydrogen-bond acceptors (Lipinski definition) is 6. The van der Waals surface area contributed by atoms with Crippen LogP contribution in [0.4, 0.5) is 4.79 Å². The van der Waals surface area contributed by atoms with E-state index in [-0.39, 0.29) is 18.2 Å². The summed E-state index contributed by atoms with van der Waals surface area (Å²) in [5, 5.41) is 0. The van der Waals surface area contributed by atoms with Crippen molar-refractivity contribution in [3.05, 3.63) is 83.4 Å². The Morgan fingerprint density at radius 3 is 2.44 bits per heavy atom. The summed E-state index contributed by atoms with van der Waals surface area (Å²) in [4.78, 5) is 27.1. The van der Waals surface area contributed by atoms with Crippen molar-refractivity contribution in [2.75, 3.05) is 6.54 Å². The number of rotatable bonds is 5. The third-order valence-corrected chi connectivity index (χ3v) is 6.61. The first-order chi connectivity index (χ1) is 18.5. The van der Waals surface area contributed by atoms with Crippen LogP contribution in [0.3, 0.4) is 0 Å². The third-order valence-electron chi connectivity index (χ3n) is 6.61. The summed E-state index contributed by atoms with van der Waals surface area (Å²) in [5.74, 6) is -0.0543. The molecule has 3 aromatic carbocycles. The molecule has 0 aromatic heterocycles. The topological polar surface area (TPSA) is 74.3 Å². The lowest BCUT2D eigenvalue weighted by molar-refractivity contribution is -0.127. The molecule has 0 spiro atoms. The average Bonchev–Trinajstić information content (AvgIpc) is 2.86. The highest BCUT2D eigenvalue weighted by atomic mass is 16.7. The van der Waals surface area contributed by atoms with Gasteiger partial charge in [0.05, 0.1) is 6.54 Å².